The number of nitriles is 1. The molecule has 1 saturated heterocycles. The van der Waals surface area contributed by atoms with Gasteiger partial charge in [0, 0.05) is 13.2 Å². The van der Waals surface area contributed by atoms with E-state index in [0.717, 1.165) is 12.8 Å². The Labute approximate surface area is 81.8 Å². The van der Waals surface area contributed by atoms with Crippen molar-refractivity contribution in [2.75, 3.05) is 13.2 Å². The van der Waals surface area contributed by atoms with Gasteiger partial charge < -0.3 is 4.74 Å². The molecule has 0 aliphatic carbocycles. The summed E-state index contributed by atoms with van der Waals surface area (Å²) in [5, 5.41) is 13.3. The quantitative estimate of drug-likeness (QED) is 0.685. The molecule has 2 nitrogen and oxygen atoms in total. The van der Waals surface area contributed by atoms with Crippen molar-refractivity contribution in [3.05, 3.63) is 22.4 Å². The SMILES string of the molecule is N#CC1(c2ccsc2)CCOCC1. The summed E-state index contributed by atoms with van der Waals surface area (Å²) in [5.74, 6) is 0. The van der Waals surface area contributed by atoms with Crippen LogP contribution in [0.2, 0.25) is 0 Å². The first-order valence-corrected chi connectivity index (χ1v) is 5.33. The van der Waals surface area contributed by atoms with Gasteiger partial charge in [0.1, 0.15) is 0 Å². The van der Waals surface area contributed by atoms with Crippen LogP contribution in [0.4, 0.5) is 0 Å². The van der Waals surface area contributed by atoms with Crippen molar-refractivity contribution in [2.45, 2.75) is 18.3 Å². The van der Waals surface area contributed by atoms with Crippen LogP contribution in [0.15, 0.2) is 16.8 Å². The molecule has 1 aromatic heterocycles. The third-order valence-corrected chi connectivity index (χ3v) is 3.32. The van der Waals surface area contributed by atoms with Gasteiger partial charge in [-0.1, -0.05) is 0 Å². The highest BCUT2D eigenvalue weighted by Crippen LogP contribution is 2.35. The molecule has 1 aromatic rings. The smallest absolute Gasteiger partial charge is 0.0874 e. The number of rotatable bonds is 1. The second-order valence-electron chi connectivity index (χ2n) is 3.32. The van der Waals surface area contributed by atoms with Crippen LogP contribution < -0.4 is 0 Å². The minimum absolute atomic E-state index is 0.266. The van der Waals surface area contributed by atoms with Crippen molar-refractivity contribution in [1.82, 2.24) is 0 Å². The summed E-state index contributed by atoms with van der Waals surface area (Å²) in [6, 6.07) is 4.50. The van der Waals surface area contributed by atoms with Crippen LogP contribution in [0, 0.1) is 11.3 Å². The fourth-order valence-electron chi connectivity index (χ4n) is 1.72. The van der Waals surface area contributed by atoms with Gasteiger partial charge >= 0.3 is 0 Å². The lowest BCUT2D eigenvalue weighted by Gasteiger charge is -2.29. The molecule has 68 valence electrons. The number of ether oxygens (including phenoxy) is 1. The van der Waals surface area contributed by atoms with Crippen LogP contribution in [-0.2, 0) is 10.2 Å². The van der Waals surface area contributed by atoms with Gasteiger partial charge in [0.05, 0.1) is 11.5 Å². The van der Waals surface area contributed by atoms with E-state index >= 15 is 0 Å². The third-order valence-electron chi connectivity index (χ3n) is 2.63. The molecule has 0 amide bonds. The Kier molecular flexibility index (Phi) is 2.34. The molecule has 0 N–H and O–H groups in total. The normalized spacial score (nSPS) is 20.8. The first-order valence-electron chi connectivity index (χ1n) is 4.39. The molecule has 0 unspecified atom stereocenters. The van der Waals surface area contributed by atoms with Crippen molar-refractivity contribution in [3.8, 4) is 6.07 Å². The molecular weight excluding hydrogens is 182 g/mol. The van der Waals surface area contributed by atoms with Crippen LogP contribution in [-0.4, -0.2) is 13.2 Å². The van der Waals surface area contributed by atoms with Gasteiger partial charge in [0.15, 0.2) is 0 Å². The Balaban J connectivity index is 2.30. The molecule has 0 spiro atoms. The highest BCUT2D eigenvalue weighted by atomic mass is 32.1. The highest BCUT2D eigenvalue weighted by Gasteiger charge is 2.34. The summed E-state index contributed by atoms with van der Waals surface area (Å²) >= 11 is 1.66. The maximum Gasteiger partial charge on any atom is 0.0874 e. The van der Waals surface area contributed by atoms with Crippen LogP contribution in [0.5, 0.6) is 0 Å². The lowest BCUT2D eigenvalue weighted by atomic mass is 9.77. The number of hydrogen-bond donors (Lipinski definition) is 0. The Morgan fingerprint density at radius 2 is 2.23 bits per heavy atom. The minimum Gasteiger partial charge on any atom is -0.381 e. The predicted octanol–water partition coefficient (Wildman–Crippen LogP) is 2.32. The molecule has 0 saturated carbocycles. The van der Waals surface area contributed by atoms with E-state index < -0.39 is 0 Å². The molecule has 0 radical (unpaired) electrons. The van der Waals surface area contributed by atoms with Crippen LogP contribution in [0.25, 0.3) is 0 Å². The molecule has 2 rings (SSSR count). The number of nitrogens with zero attached hydrogens (tertiary/aromatic N) is 1. The van der Waals surface area contributed by atoms with Crippen molar-refractivity contribution < 1.29 is 4.74 Å². The van der Waals surface area contributed by atoms with Crippen LogP contribution in [0.1, 0.15) is 18.4 Å². The molecule has 2 heterocycles. The maximum atomic E-state index is 9.21. The number of thiophene rings is 1. The van der Waals surface area contributed by atoms with Crippen molar-refractivity contribution in [2.24, 2.45) is 0 Å². The molecule has 0 bridgehead atoms. The van der Waals surface area contributed by atoms with E-state index in [1.165, 1.54) is 5.56 Å². The average molecular weight is 193 g/mol. The summed E-state index contributed by atoms with van der Waals surface area (Å²) < 4.78 is 5.28. The molecule has 0 atom stereocenters. The zero-order valence-corrected chi connectivity index (χ0v) is 8.14. The largest absolute Gasteiger partial charge is 0.381 e. The molecule has 1 fully saturated rings. The monoisotopic (exact) mass is 193 g/mol. The van der Waals surface area contributed by atoms with E-state index in [2.05, 4.69) is 17.5 Å². The zero-order valence-electron chi connectivity index (χ0n) is 7.32. The molecule has 1 aliphatic heterocycles. The van der Waals surface area contributed by atoms with Crippen LogP contribution >= 0.6 is 11.3 Å². The van der Waals surface area contributed by atoms with E-state index in [-0.39, 0.29) is 5.41 Å². The Morgan fingerprint density at radius 3 is 2.77 bits per heavy atom. The Morgan fingerprint density at radius 1 is 1.46 bits per heavy atom. The fourth-order valence-corrected chi connectivity index (χ4v) is 2.48. The van der Waals surface area contributed by atoms with E-state index in [1.54, 1.807) is 11.3 Å². The fraction of sp³-hybridized carbons (Fsp3) is 0.500. The van der Waals surface area contributed by atoms with E-state index in [0.29, 0.717) is 13.2 Å². The highest BCUT2D eigenvalue weighted by molar-refractivity contribution is 7.08. The summed E-state index contributed by atoms with van der Waals surface area (Å²) in [7, 11) is 0. The summed E-state index contributed by atoms with van der Waals surface area (Å²) in [6.07, 6.45) is 1.67. The van der Waals surface area contributed by atoms with Crippen molar-refractivity contribution in [3.63, 3.8) is 0 Å². The molecule has 0 aromatic carbocycles. The molecular formula is C10H11NOS. The second-order valence-corrected chi connectivity index (χ2v) is 4.10. The third kappa shape index (κ3) is 1.48. The Hall–Kier alpha value is -0.850. The van der Waals surface area contributed by atoms with Crippen LogP contribution in [0.3, 0.4) is 0 Å². The van der Waals surface area contributed by atoms with Crippen molar-refractivity contribution >= 4 is 11.3 Å². The predicted molar refractivity (Wildman–Crippen MR) is 51.7 cm³/mol. The summed E-state index contributed by atoms with van der Waals surface area (Å²) in [6.45, 7) is 1.42. The Bertz CT molecular complexity index is 306. The van der Waals surface area contributed by atoms with Gasteiger partial charge in [-0.3, -0.25) is 0 Å². The summed E-state index contributed by atoms with van der Waals surface area (Å²) in [5.41, 5.74) is 0.904. The first-order chi connectivity index (χ1) is 6.37. The van der Waals surface area contributed by atoms with Crippen molar-refractivity contribution in [1.29, 1.82) is 5.26 Å². The van der Waals surface area contributed by atoms with Gasteiger partial charge in [0.2, 0.25) is 0 Å². The van der Waals surface area contributed by atoms with E-state index in [9.17, 15) is 5.26 Å². The maximum absolute atomic E-state index is 9.21. The van der Waals surface area contributed by atoms with Gasteiger partial charge in [-0.25, -0.2) is 0 Å². The average Bonchev–Trinajstić information content (AvgIpc) is 2.72. The second kappa shape index (κ2) is 3.49. The van der Waals surface area contributed by atoms with E-state index in [1.807, 2.05) is 5.38 Å². The molecule has 1 aliphatic rings. The lowest BCUT2D eigenvalue weighted by Crippen LogP contribution is -2.31. The zero-order chi connectivity index (χ0) is 9.15. The van der Waals surface area contributed by atoms with Gasteiger partial charge in [-0.15, -0.1) is 0 Å². The lowest BCUT2D eigenvalue weighted by molar-refractivity contribution is 0.0676. The van der Waals surface area contributed by atoms with Gasteiger partial charge in [-0.2, -0.15) is 16.6 Å². The topological polar surface area (TPSA) is 33.0 Å². The standard InChI is InChI=1S/C10H11NOS/c11-8-10(2-4-12-5-3-10)9-1-6-13-7-9/h1,6-7H,2-5H2. The van der Waals surface area contributed by atoms with E-state index in [4.69, 9.17) is 4.74 Å². The molecule has 13 heavy (non-hydrogen) atoms. The summed E-state index contributed by atoms with van der Waals surface area (Å²) in [4.78, 5) is 0. The first kappa shape index (κ1) is 8.74. The number of hydrogen-bond acceptors (Lipinski definition) is 3. The molecule has 3 heteroatoms. The van der Waals surface area contributed by atoms with Gasteiger partial charge in [0.25, 0.3) is 0 Å². The minimum atomic E-state index is -0.266. The van der Waals surface area contributed by atoms with Gasteiger partial charge in [-0.05, 0) is 35.2 Å².